The summed E-state index contributed by atoms with van der Waals surface area (Å²) in [5.74, 6) is 0.0671. The Morgan fingerprint density at radius 1 is 1.03 bits per heavy atom. The molecule has 1 aromatic heterocycles. The fourth-order valence-electron chi connectivity index (χ4n) is 4.79. The molecule has 2 heterocycles. The van der Waals surface area contributed by atoms with E-state index in [0.717, 1.165) is 24.2 Å². The molecule has 1 saturated heterocycles. The fraction of sp³-hybridized carbons (Fsp3) is 0.370. The molecule has 0 N–H and O–H groups in total. The molecule has 2 unspecified atom stereocenters. The maximum Gasteiger partial charge on any atom is 0.152 e. The molecule has 0 radical (unpaired) electrons. The molecule has 1 aliphatic rings. The molecular formula is C27H32N2O. The van der Waals surface area contributed by atoms with E-state index >= 15 is 0 Å². The first-order chi connectivity index (χ1) is 14.5. The van der Waals surface area contributed by atoms with Crippen LogP contribution < -0.4 is 0 Å². The van der Waals surface area contributed by atoms with Crippen molar-refractivity contribution >= 4 is 22.8 Å². The summed E-state index contributed by atoms with van der Waals surface area (Å²) >= 11 is 0. The summed E-state index contributed by atoms with van der Waals surface area (Å²) in [5, 5.41) is 1.34. The van der Waals surface area contributed by atoms with Crippen molar-refractivity contribution in [3.05, 3.63) is 71.9 Å². The van der Waals surface area contributed by atoms with Gasteiger partial charge in [0.15, 0.2) is 5.78 Å². The molecular weight excluding hydrogens is 368 g/mol. The lowest BCUT2D eigenvalue weighted by molar-refractivity contribution is -0.112. The van der Waals surface area contributed by atoms with Gasteiger partial charge in [0.1, 0.15) is 0 Å². The number of rotatable bonds is 6. The van der Waals surface area contributed by atoms with Gasteiger partial charge in [-0.25, -0.2) is 0 Å². The first-order valence-electron chi connectivity index (χ1n) is 11.2. The number of allylic oxidation sites excluding steroid dienone is 1. The highest BCUT2D eigenvalue weighted by molar-refractivity contribution is 5.91. The Bertz CT molecular complexity index is 1030. The maximum atomic E-state index is 11.2. The molecule has 0 amide bonds. The van der Waals surface area contributed by atoms with E-state index in [1.54, 1.807) is 13.0 Å². The highest BCUT2D eigenvalue weighted by Gasteiger charge is 2.24. The summed E-state index contributed by atoms with van der Waals surface area (Å²) in [6, 6.07) is 18.5. The van der Waals surface area contributed by atoms with Crippen molar-refractivity contribution in [1.82, 2.24) is 9.47 Å². The topological polar surface area (TPSA) is 25.2 Å². The van der Waals surface area contributed by atoms with Crippen molar-refractivity contribution in [1.29, 1.82) is 0 Å². The largest absolute Gasteiger partial charge is 0.316 e. The van der Waals surface area contributed by atoms with Crippen LogP contribution in [0.15, 0.2) is 60.8 Å². The van der Waals surface area contributed by atoms with Crippen molar-refractivity contribution in [2.45, 2.75) is 58.5 Å². The Labute approximate surface area is 180 Å². The summed E-state index contributed by atoms with van der Waals surface area (Å²) < 4.78 is 2.30. The van der Waals surface area contributed by atoms with Crippen molar-refractivity contribution < 1.29 is 4.79 Å². The number of aromatic nitrogens is 1. The van der Waals surface area contributed by atoms with E-state index < -0.39 is 0 Å². The zero-order chi connectivity index (χ0) is 21.1. The van der Waals surface area contributed by atoms with E-state index in [-0.39, 0.29) is 5.78 Å². The van der Waals surface area contributed by atoms with Gasteiger partial charge in [0.25, 0.3) is 0 Å². The molecule has 2 aromatic carbocycles. The molecule has 30 heavy (non-hydrogen) atoms. The SMILES string of the molecule is CC(=O)C=Cc1ccc(-n2cc(CCN3C(C)CCCC3C)c3ccccc32)cc1. The minimum atomic E-state index is 0.0671. The number of nitrogens with zero attached hydrogens (tertiary/aromatic N) is 2. The molecule has 3 nitrogen and oxygen atoms in total. The third-order valence-corrected chi connectivity index (χ3v) is 6.49. The predicted molar refractivity (Wildman–Crippen MR) is 126 cm³/mol. The first-order valence-corrected chi connectivity index (χ1v) is 11.2. The van der Waals surface area contributed by atoms with Gasteiger partial charge in [-0.3, -0.25) is 9.69 Å². The van der Waals surface area contributed by atoms with Crippen LogP contribution in [0.2, 0.25) is 0 Å². The van der Waals surface area contributed by atoms with E-state index in [9.17, 15) is 4.79 Å². The summed E-state index contributed by atoms with van der Waals surface area (Å²) in [6.45, 7) is 7.44. The zero-order valence-electron chi connectivity index (χ0n) is 18.3. The summed E-state index contributed by atoms with van der Waals surface area (Å²) in [4.78, 5) is 13.9. The molecule has 0 spiro atoms. The molecule has 4 rings (SSSR count). The zero-order valence-corrected chi connectivity index (χ0v) is 18.3. The number of benzene rings is 2. The van der Waals surface area contributed by atoms with E-state index in [1.807, 2.05) is 6.08 Å². The molecule has 156 valence electrons. The number of ketones is 1. The Balaban J connectivity index is 1.60. The van der Waals surface area contributed by atoms with Crippen molar-refractivity contribution in [3.8, 4) is 5.69 Å². The molecule has 1 aliphatic heterocycles. The number of fused-ring (bicyclic) bond motifs is 1. The quantitative estimate of drug-likeness (QED) is 0.472. The number of hydrogen-bond donors (Lipinski definition) is 0. The third kappa shape index (κ3) is 4.41. The molecule has 0 bridgehead atoms. The van der Waals surface area contributed by atoms with Crippen LogP contribution in [-0.2, 0) is 11.2 Å². The summed E-state index contributed by atoms with van der Waals surface area (Å²) in [5.41, 5.74) is 4.85. The lowest BCUT2D eigenvalue weighted by atomic mass is 9.97. The van der Waals surface area contributed by atoms with E-state index in [4.69, 9.17) is 0 Å². The van der Waals surface area contributed by atoms with Crippen LogP contribution in [0.1, 0.15) is 51.2 Å². The van der Waals surface area contributed by atoms with Gasteiger partial charge in [-0.05, 0) is 75.4 Å². The molecule has 1 fully saturated rings. The second-order valence-electron chi connectivity index (χ2n) is 8.69. The number of likely N-dealkylation sites (tertiary alicyclic amines) is 1. The Morgan fingerprint density at radius 3 is 2.43 bits per heavy atom. The molecule has 3 heteroatoms. The number of para-hydroxylation sites is 1. The van der Waals surface area contributed by atoms with E-state index in [2.05, 4.69) is 78.0 Å². The normalized spacial score (nSPS) is 20.2. The number of piperidine rings is 1. The second kappa shape index (κ2) is 9.01. The van der Waals surface area contributed by atoms with Gasteiger partial charge in [0.05, 0.1) is 5.52 Å². The lowest BCUT2D eigenvalue weighted by Gasteiger charge is -2.39. The Hall–Kier alpha value is -2.65. The van der Waals surface area contributed by atoms with Gasteiger partial charge in [-0.2, -0.15) is 0 Å². The lowest BCUT2D eigenvalue weighted by Crippen LogP contribution is -2.44. The van der Waals surface area contributed by atoms with Crippen LogP contribution in [0.4, 0.5) is 0 Å². The molecule has 3 aromatic rings. The predicted octanol–water partition coefficient (Wildman–Crippen LogP) is 6.04. The van der Waals surface area contributed by atoms with Crippen molar-refractivity contribution in [3.63, 3.8) is 0 Å². The van der Waals surface area contributed by atoms with E-state index in [0.29, 0.717) is 12.1 Å². The van der Waals surface area contributed by atoms with Crippen LogP contribution >= 0.6 is 0 Å². The number of carbonyl (C=O) groups excluding carboxylic acids is 1. The summed E-state index contributed by atoms with van der Waals surface area (Å²) in [6.07, 6.45) is 10.8. The maximum absolute atomic E-state index is 11.2. The van der Waals surface area contributed by atoms with Crippen molar-refractivity contribution in [2.75, 3.05) is 6.54 Å². The van der Waals surface area contributed by atoms with Crippen LogP contribution in [-0.4, -0.2) is 33.9 Å². The second-order valence-corrected chi connectivity index (χ2v) is 8.69. The van der Waals surface area contributed by atoms with Gasteiger partial charge in [-0.1, -0.05) is 42.8 Å². The van der Waals surface area contributed by atoms with Gasteiger partial charge in [0, 0.05) is 35.9 Å². The Morgan fingerprint density at radius 2 is 1.73 bits per heavy atom. The average Bonchev–Trinajstić information content (AvgIpc) is 3.11. The van der Waals surface area contributed by atoms with Crippen LogP contribution in [0, 0.1) is 0 Å². The van der Waals surface area contributed by atoms with Gasteiger partial charge in [-0.15, -0.1) is 0 Å². The number of carbonyl (C=O) groups is 1. The van der Waals surface area contributed by atoms with Crippen LogP contribution in [0.3, 0.4) is 0 Å². The summed E-state index contributed by atoms with van der Waals surface area (Å²) in [7, 11) is 0. The highest BCUT2D eigenvalue weighted by Crippen LogP contribution is 2.28. The van der Waals surface area contributed by atoms with Crippen LogP contribution in [0.25, 0.3) is 22.7 Å². The van der Waals surface area contributed by atoms with Gasteiger partial charge >= 0.3 is 0 Å². The monoisotopic (exact) mass is 400 g/mol. The smallest absolute Gasteiger partial charge is 0.152 e. The third-order valence-electron chi connectivity index (χ3n) is 6.49. The minimum Gasteiger partial charge on any atom is -0.316 e. The van der Waals surface area contributed by atoms with Gasteiger partial charge in [0.2, 0.25) is 0 Å². The molecule has 0 saturated carbocycles. The average molecular weight is 401 g/mol. The molecule has 0 aliphatic carbocycles. The minimum absolute atomic E-state index is 0.0671. The van der Waals surface area contributed by atoms with Gasteiger partial charge < -0.3 is 4.57 Å². The highest BCUT2D eigenvalue weighted by atomic mass is 16.1. The fourth-order valence-corrected chi connectivity index (χ4v) is 4.79. The van der Waals surface area contributed by atoms with E-state index in [1.165, 1.54) is 35.7 Å². The van der Waals surface area contributed by atoms with Crippen molar-refractivity contribution in [2.24, 2.45) is 0 Å². The Kier molecular flexibility index (Phi) is 6.19. The molecule has 2 atom stereocenters. The standard InChI is InChI=1S/C27H32N2O/c1-20-7-6-8-21(2)28(20)18-17-24-19-29(27-10-5-4-9-26(24)27)25-15-13-23(14-16-25)12-11-22(3)30/h4-5,9-16,19-21H,6-8,17-18H2,1-3H3. The first kappa shape index (κ1) is 20.6. The van der Waals surface area contributed by atoms with Crippen LogP contribution in [0.5, 0.6) is 0 Å². The number of hydrogen-bond acceptors (Lipinski definition) is 2.